The van der Waals surface area contributed by atoms with Gasteiger partial charge in [-0.2, -0.15) is 10.5 Å². The number of carbonyl (C=O) groups excluding carboxylic acids is 1. The van der Waals surface area contributed by atoms with Crippen molar-refractivity contribution in [3.8, 4) is 29.4 Å². The van der Waals surface area contributed by atoms with Crippen LogP contribution in [0.1, 0.15) is 21.5 Å². The molecule has 5 nitrogen and oxygen atoms in total. The number of rotatable bonds is 4. The van der Waals surface area contributed by atoms with Crippen molar-refractivity contribution in [1.82, 2.24) is 0 Å². The molecule has 0 fully saturated rings. The Morgan fingerprint density at radius 3 is 2.15 bits per heavy atom. The first-order valence-electron chi connectivity index (χ1n) is 7.79. The van der Waals surface area contributed by atoms with Gasteiger partial charge in [-0.05, 0) is 42.5 Å². The predicted octanol–water partition coefficient (Wildman–Crippen LogP) is 5.09. The van der Waals surface area contributed by atoms with E-state index in [2.05, 4.69) is 0 Å². The van der Waals surface area contributed by atoms with Gasteiger partial charge in [0.15, 0.2) is 0 Å². The van der Waals surface area contributed by atoms with Gasteiger partial charge in [0.05, 0.1) is 33.9 Å². The van der Waals surface area contributed by atoms with Crippen LogP contribution in [0.15, 0.2) is 66.7 Å². The van der Waals surface area contributed by atoms with Crippen molar-refractivity contribution in [3.05, 3.63) is 88.4 Å². The van der Waals surface area contributed by atoms with Crippen LogP contribution in [0.4, 0.5) is 0 Å². The predicted molar refractivity (Wildman–Crippen MR) is 98.8 cm³/mol. The number of hydrogen-bond acceptors (Lipinski definition) is 5. The van der Waals surface area contributed by atoms with Crippen LogP contribution in [0.2, 0.25) is 5.02 Å². The van der Waals surface area contributed by atoms with Crippen LogP contribution >= 0.6 is 11.6 Å². The van der Waals surface area contributed by atoms with E-state index in [4.69, 9.17) is 31.6 Å². The van der Waals surface area contributed by atoms with Gasteiger partial charge in [-0.25, -0.2) is 4.79 Å². The van der Waals surface area contributed by atoms with Crippen molar-refractivity contribution in [1.29, 1.82) is 10.5 Å². The molecule has 0 aliphatic heterocycles. The molecule has 3 rings (SSSR count). The average molecular weight is 375 g/mol. The van der Waals surface area contributed by atoms with E-state index in [1.807, 2.05) is 12.1 Å². The third kappa shape index (κ3) is 4.43. The van der Waals surface area contributed by atoms with Crippen molar-refractivity contribution >= 4 is 17.6 Å². The van der Waals surface area contributed by atoms with Gasteiger partial charge in [0.25, 0.3) is 0 Å². The summed E-state index contributed by atoms with van der Waals surface area (Å²) in [5, 5.41) is 18.4. The highest BCUT2D eigenvalue weighted by Gasteiger charge is 2.13. The van der Waals surface area contributed by atoms with Gasteiger partial charge in [-0.15, -0.1) is 0 Å². The van der Waals surface area contributed by atoms with Crippen molar-refractivity contribution in [3.63, 3.8) is 0 Å². The maximum Gasteiger partial charge on any atom is 0.345 e. The summed E-state index contributed by atoms with van der Waals surface area (Å²) in [7, 11) is 0. The number of halogens is 1. The molecular weight excluding hydrogens is 364 g/mol. The van der Waals surface area contributed by atoms with Gasteiger partial charge in [0.1, 0.15) is 17.2 Å². The third-order valence-electron chi connectivity index (χ3n) is 3.51. The molecule has 0 heterocycles. The van der Waals surface area contributed by atoms with Gasteiger partial charge in [0, 0.05) is 6.07 Å². The van der Waals surface area contributed by atoms with E-state index in [0.717, 1.165) is 0 Å². The van der Waals surface area contributed by atoms with Crippen molar-refractivity contribution in [2.24, 2.45) is 0 Å². The highest BCUT2D eigenvalue weighted by atomic mass is 35.5. The van der Waals surface area contributed by atoms with Gasteiger partial charge in [-0.3, -0.25) is 0 Å². The number of hydrogen-bond donors (Lipinski definition) is 0. The zero-order valence-electron chi connectivity index (χ0n) is 13.8. The van der Waals surface area contributed by atoms with Crippen LogP contribution in [-0.4, -0.2) is 5.97 Å². The number of nitriles is 2. The number of esters is 1. The number of carbonyl (C=O) groups is 1. The number of nitrogens with zero attached hydrogens (tertiary/aromatic N) is 2. The second-order valence-corrected chi connectivity index (χ2v) is 5.82. The molecule has 0 aromatic heterocycles. The molecule has 0 atom stereocenters. The maximum atomic E-state index is 12.3. The van der Waals surface area contributed by atoms with Crippen molar-refractivity contribution in [2.75, 3.05) is 0 Å². The molecule has 0 aliphatic rings. The molecular formula is C21H11ClN2O3. The standard InChI is InChI=1S/C21H11ClN2O3/c22-20-7-2-1-6-19(20)21(25)27-17-5-3-4-16(11-17)26-18-9-14(12-23)8-15(10-18)13-24/h1-11H. The molecule has 0 saturated carbocycles. The summed E-state index contributed by atoms with van der Waals surface area (Å²) in [4.78, 5) is 12.3. The molecule has 3 aromatic rings. The van der Waals surface area contributed by atoms with Crippen LogP contribution < -0.4 is 9.47 Å². The zero-order valence-corrected chi connectivity index (χ0v) is 14.6. The Morgan fingerprint density at radius 1 is 0.815 bits per heavy atom. The molecule has 3 aromatic carbocycles. The fourth-order valence-electron chi connectivity index (χ4n) is 2.31. The minimum Gasteiger partial charge on any atom is -0.457 e. The van der Waals surface area contributed by atoms with Crippen LogP contribution in [-0.2, 0) is 0 Å². The minimum absolute atomic E-state index is 0.255. The Kier molecular flexibility index (Phi) is 5.37. The fraction of sp³-hybridized carbons (Fsp3) is 0. The lowest BCUT2D eigenvalue weighted by Crippen LogP contribution is -2.08. The van der Waals surface area contributed by atoms with Crippen LogP contribution in [0, 0.1) is 22.7 Å². The summed E-state index contributed by atoms with van der Waals surface area (Å²) in [6.45, 7) is 0. The van der Waals surface area contributed by atoms with E-state index in [1.165, 1.54) is 24.3 Å². The molecule has 0 aliphatic carbocycles. The Morgan fingerprint density at radius 2 is 1.48 bits per heavy atom. The summed E-state index contributed by atoms with van der Waals surface area (Å²) < 4.78 is 11.0. The number of ether oxygens (including phenoxy) is 2. The average Bonchev–Trinajstić information content (AvgIpc) is 2.68. The Labute approximate surface area is 160 Å². The number of benzene rings is 3. The zero-order chi connectivity index (χ0) is 19.2. The van der Waals surface area contributed by atoms with Crippen LogP contribution in [0.25, 0.3) is 0 Å². The molecule has 0 bridgehead atoms. The first-order chi connectivity index (χ1) is 13.1. The lowest BCUT2D eigenvalue weighted by Gasteiger charge is -2.09. The molecule has 0 saturated heterocycles. The topological polar surface area (TPSA) is 83.1 Å². The van der Waals surface area contributed by atoms with E-state index in [-0.39, 0.29) is 11.3 Å². The Bertz CT molecular complexity index is 1060. The molecule has 130 valence electrons. The minimum atomic E-state index is -0.587. The first kappa shape index (κ1) is 18.0. The molecule has 0 amide bonds. The summed E-state index contributed by atoms with van der Waals surface area (Å²) in [6, 6.07) is 21.5. The molecule has 0 spiro atoms. The Hall–Kier alpha value is -3.80. The summed E-state index contributed by atoms with van der Waals surface area (Å²) >= 11 is 6.00. The SMILES string of the molecule is N#Cc1cc(C#N)cc(Oc2cccc(OC(=O)c3ccccc3Cl)c2)c1. The summed E-state index contributed by atoms with van der Waals surface area (Å²) in [5.74, 6) is 0.406. The van der Waals surface area contributed by atoms with E-state index < -0.39 is 5.97 Å². The van der Waals surface area contributed by atoms with Crippen molar-refractivity contribution in [2.45, 2.75) is 0 Å². The molecule has 0 radical (unpaired) electrons. The van der Waals surface area contributed by atoms with Crippen LogP contribution in [0.3, 0.4) is 0 Å². The molecule has 0 unspecified atom stereocenters. The third-order valence-corrected chi connectivity index (χ3v) is 3.84. The molecule has 27 heavy (non-hydrogen) atoms. The maximum absolute atomic E-state index is 12.3. The van der Waals surface area contributed by atoms with E-state index >= 15 is 0 Å². The smallest absolute Gasteiger partial charge is 0.345 e. The van der Waals surface area contributed by atoms with Gasteiger partial charge < -0.3 is 9.47 Å². The first-order valence-corrected chi connectivity index (χ1v) is 8.17. The summed E-state index contributed by atoms with van der Waals surface area (Å²) in [5.41, 5.74) is 0.876. The normalized spacial score (nSPS) is 9.74. The van der Waals surface area contributed by atoms with Gasteiger partial charge in [-0.1, -0.05) is 29.8 Å². The van der Waals surface area contributed by atoms with Crippen LogP contribution in [0.5, 0.6) is 17.2 Å². The quantitative estimate of drug-likeness (QED) is 0.469. The van der Waals surface area contributed by atoms with Gasteiger partial charge >= 0.3 is 5.97 Å². The molecule has 0 N–H and O–H groups in total. The van der Waals surface area contributed by atoms with Crippen molar-refractivity contribution < 1.29 is 14.3 Å². The Balaban J connectivity index is 1.81. The lowest BCUT2D eigenvalue weighted by molar-refractivity contribution is 0.0735. The van der Waals surface area contributed by atoms with Gasteiger partial charge in [0.2, 0.25) is 0 Å². The molecule has 6 heteroatoms. The second-order valence-electron chi connectivity index (χ2n) is 5.42. The lowest BCUT2D eigenvalue weighted by atomic mass is 10.1. The van der Waals surface area contributed by atoms with E-state index in [0.29, 0.717) is 27.6 Å². The van der Waals surface area contributed by atoms with E-state index in [1.54, 1.807) is 42.5 Å². The largest absolute Gasteiger partial charge is 0.457 e. The van der Waals surface area contributed by atoms with E-state index in [9.17, 15) is 4.79 Å². The highest BCUT2D eigenvalue weighted by molar-refractivity contribution is 6.33. The highest BCUT2D eigenvalue weighted by Crippen LogP contribution is 2.27. The monoisotopic (exact) mass is 374 g/mol. The fourth-order valence-corrected chi connectivity index (χ4v) is 2.53. The summed E-state index contributed by atoms with van der Waals surface area (Å²) in [6.07, 6.45) is 0. The second kappa shape index (κ2) is 8.05.